The van der Waals surface area contributed by atoms with Gasteiger partial charge in [-0.05, 0) is 45.6 Å². The zero-order valence-electron chi connectivity index (χ0n) is 11.6. The predicted octanol–water partition coefficient (Wildman–Crippen LogP) is 2.06. The normalized spacial score (nSPS) is 44.8. The van der Waals surface area contributed by atoms with E-state index in [1.54, 1.807) is 0 Å². The van der Waals surface area contributed by atoms with Gasteiger partial charge >= 0.3 is 0 Å². The highest BCUT2D eigenvalue weighted by Gasteiger charge is 2.43. The first-order chi connectivity index (χ1) is 8.15. The van der Waals surface area contributed by atoms with Crippen LogP contribution in [0.2, 0.25) is 0 Å². The molecule has 6 atom stereocenters. The number of hydrogen-bond acceptors (Lipinski definition) is 3. The molecule has 0 amide bonds. The van der Waals surface area contributed by atoms with E-state index < -0.39 is 0 Å². The molecule has 0 radical (unpaired) electrons. The molecule has 2 fully saturated rings. The van der Waals surface area contributed by atoms with E-state index in [2.05, 4.69) is 33.1 Å². The lowest BCUT2D eigenvalue weighted by atomic mass is 9.76. The third-order valence-electron chi connectivity index (χ3n) is 4.77. The van der Waals surface area contributed by atoms with Crippen molar-refractivity contribution in [3.05, 3.63) is 0 Å². The zero-order valence-corrected chi connectivity index (χ0v) is 11.6. The van der Waals surface area contributed by atoms with Crippen LogP contribution in [0.5, 0.6) is 0 Å². The maximum atomic E-state index is 5.98. The summed E-state index contributed by atoms with van der Waals surface area (Å²) in [7, 11) is 2.09. The van der Waals surface area contributed by atoms with Crippen molar-refractivity contribution >= 4 is 0 Å². The van der Waals surface area contributed by atoms with Gasteiger partial charge in [0.05, 0.1) is 18.8 Å². The molecular weight excluding hydrogens is 214 g/mol. The highest BCUT2D eigenvalue weighted by atomic mass is 16.5. The highest BCUT2D eigenvalue weighted by molar-refractivity contribution is 4.94. The van der Waals surface area contributed by atoms with Crippen molar-refractivity contribution in [2.45, 2.75) is 51.9 Å². The van der Waals surface area contributed by atoms with E-state index in [4.69, 9.17) is 9.47 Å². The van der Waals surface area contributed by atoms with Gasteiger partial charge in [0.15, 0.2) is 0 Å². The fourth-order valence-corrected chi connectivity index (χ4v) is 3.70. The first-order valence-corrected chi connectivity index (χ1v) is 7.05. The third-order valence-corrected chi connectivity index (χ3v) is 4.77. The largest absolute Gasteiger partial charge is 0.381 e. The van der Waals surface area contributed by atoms with Gasteiger partial charge in [-0.15, -0.1) is 0 Å². The average molecular weight is 241 g/mol. The van der Waals surface area contributed by atoms with Gasteiger partial charge < -0.3 is 14.8 Å². The molecule has 0 bridgehead atoms. The lowest BCUT2D eigenvalue weighted by Gasteiger charge is -2.37. The number of nitrogens with one attached hydrogen (secondary N) is 1. The maximum absolute atomic E-state index is 5.98. The Balaban J connectivity index is 2.06. The van der Waals surface area contributed by atoms with Crippen LogP contribution in [0.3, 0.4) is 0 Å². The summed E-state index contributed by atoms with van der Waals surface area (Å²) in [5.74, 6) is 1.89. The van der Waals surface area contributed by atoms with Crippen molar-refractivity contribution in [2.24, 2.45) is 17.8 Å². The lowest BCUT2D eigenvalue weighted by Crippen LogP contribution is -2.47. The molecular formula is C14H27NO2. The van der Waals surface area contributed by atoms with Gasteiger partial charge in [0.2, 0.25) is 0 Å². The number of ether oxygens (including phenoxy) is 2. The summed E-state index contributed by atoms with van der Waals surface area (Å²) in [5.41, 5.74) is 0. The van der Waals surface area contributed by atoms with Crippen LogP contribution < -0.4 is 5.32 Å². The van der Waals surface area contributed by atoms with Gasteiger partial charge in [0.1, 0.15) is 0 Å². The van der Waals surface area contributed by atoms with Gasteiger partial charge in [-0.2, -0.15) is 0 Å². The van der Waals surface area contributed by atoms with Crippen LogP contribution in [-0.4, -0.2) is 38.5 Å². The Morgan fingerprint density at radius 1 is 1.18 bits per heavy atom. The van der Waals surface area contributed by atoms with E-state index in [0.29, 0.717) is 36.0 Å². The van der Waals surface area contributed by atoms with Gasteiger partial charge in [-0.25, -0.2) is 0 Å². The lowest BCUT2D eigenvalue weighted by molar-refractivity contribution is 0.0127. The van der Waals surface area contributed by atoms with E-state index in [-0.39, 0.29) is 0 Å². The molecule has 1 N–H and O–H groups in total. The number of rotatable bonds is 3. The first kappa shape index (κ1) is 13.3. The maximum Gasteiger partial charge on any atom is 0.0597 e. The molecule has 2 aliphatic heterocycles. The quantitative estimate of drug-likeness (QED) is 0.820. The van der Waals surface area contributed by atoms with Gasteiger partial charge in [0.25, 0.3) is 0 Å². The molecule has 0 spiro atoms. The van der Waals surface area contributed by atoms with Crippen LogP contribution in [-0.2, 0) is 9.47 Å². The Bertz CT molecular complexity index is 240. The van der Waals surface area contributed by atoms with Crippen molar-refractivity contribution in [1.82, 2.24) is 5.32 Å². The van der Waals surface area contributed by atoms with Gasteiger partial charge in [-0.1, -0.05) is 6.92 Å². The van der Waals surface area contributed by atoms with Crippen LogP contribution >= 0.6 is 0 Å². The molecule has 0 aromatic carbocycles. The van der Waals surface area contributed by atoms with Gasteiger partial charge in [0, 0.05) is 18.6 Å². The SMILES string of the molecule is CNC(C1CCCOC1)C1C(C)OC(C)C1C. The molecule has 3 heteroatoms. The van der Waals surface area contributed by atoms with E-state index in [1.807, 2.05) is 0 Å². The summed E-state index contributed by atoms with van der Waals surface area (Å²) in [6.45, 7) is 8.60. The predicted molar refractivity (Wildman–Crippen MR) is 69.1 cm³/mol. The van der Waals surface area contributed by atoms with E-state index in [1.165, 1.54) is 12.8 Å². The van der Waals surface area contributed by atoms with Crippen molar-refractivity contribution in [3.8, 4) is 0 Å². The Kier molecular flexibility index (Phi) is 4.45. The summed E-state index contributed by atoms with van der Waals surface area (Å²) < 4.78 is 11.6. The van der Waals surface area contributed by atoms with Crippen LogP contribution in [0, 0.1) is 17.8 Å². The molecule has 2 aliphatic rings. The van der Waals surface area contributed by atoms with Crippen molar-refractivity contribution in [3.63, 3.8) is 0 Å². The molecule has 3 nitrogen and oxygen atoms in total. The minimum atomic E-state index is 0.361. The Morgan fingerprint density at radius 2 is 1.94 bits per heavy atom. The zero-order chi connectivity index (χ0) is 12.4. The monoisotopic (exact) mass is 241 g/mol. The minimum absolute atomic E-state index is 0.361. The second-order valence-electron chi connectivity index (χ2n) is 5.77. The standard InChI is InChI=1S/C14H27NO2/c1-9-10(2)17-11(3)13(9)14(15-4)12-6-5-7-16-8-12/h9-15H,5-8H2,1-4H3. The van der Waals surface area contributed by atoms with E-state index in [0.717, 1.165) is 13.2 Å². The Labute approximate surface area is 105 Å². The van der Waals surface area contributed by atoms with Crippen molar-refractivity contribution in [2.75, 3.05) is 20.3 Å². The summed E-state index contributed by atoms with van der Waals surface area (Å²) in [5, 5.41) is 3.54. The Morgan fingerprint density at radius 3 is 2.41 bits per heavy atom. The summed E-state index contributed by atoms with van der Waals surface area (Å²) in [6, 6.07) is 0.533. The summed E-state index contributed by atoms with van der Waals surface area (Å²) in [4.78, 5) is 0. The van der Waals surface area contributed by atoms with Gasteiger partial charge in [-0.3, -0.25) is 0 Å². The third kappa shape index (κ3) is 2.67. The molecule has 0 aliphatic carbocycles. The fraction of sp³-hybridized carbons (Fsp3) is 1.00. The molecule has 0 saturated carbocycles. The molecule has 2 saturated heterocycles. The van der Waals surface area contributed by atoms with Crippen LogP contribution in [0.1, 0.15) is 33.6 Å². The second kappa shape index (κ2) is 5.68. The van der Waals surface area contributed by atoms with E-state index >= 15 is 0 Å². The van der Waals surface area contributed by atoms with Crippen molar-refractivity contribution < 1.29 is 9.47 Å². The molecule has 0 aromatic rings. The van der Waals surface area contributed by atoms with Crippen molar-refractivity contribution in [1.29, 1.82) is 0 Å². The summed E-state index contributed by atoms with van der Waals surface area (Å²) >= 11 is 0. The topological polar surface area (TPSA) is 30.5 Å². The van der Waals surface area contributed by atoms with Crippen LogP contribution in [0.25, 0.3) is 0 Å². The highest BCUT2D eigenvalue weighted by Crippen LogP contribution is 2.38. The average Bonchev–Trinajstić information content (AvgIpc) is 2.58. The molecule has 2 heterocycles. The summed E-state index contributed by atoms with van der Waals surface area (Å²) in [6.07, 6.45) is 3.24. The first-order valence-electron chi connectivity index (χ1n) is 7.05. The van der Waals surface area contributed by atoms with Crippen LogP contribution in [0.15, 0.2) is 0 Å². The van der Waals surface area contributed by atoms with Crippen LogP contribution in [0.4, 0.5) is 0 Å². The molecule has 6 unspecified atom stereocenters. The molecule has 2 rings (SSSR count). The fourth-order valence-electron chi connectivity index (χ4n) is 3.70. The Hall–Kier alpha value is -0.120. The molecule has 100 valence electrons. The smallest absolute Gasteiger partial charge is 0.0597 e. The minimum Gasteiger partial charge on any atom is -0.381 e. The molecule has 0 aromatic heterocycles. The number of hydrogen-bond donors (Lipinski definition) is 1. The molecule has 17 heavy (non-hydrogen) atoms. The second-order valence-corrected chi connectivity index (χ2v) is 5.77. The van der Waals surface area contributed by atoms with E-state index in [9.17, 15) is 0 Å².